The van der Waals surface area contributed by atoms with Crippen LogP contribution in [0.3, 0.4) is 0 Å². The summed E-state index contributed by atoms with van der Waals surface area (Å²) >= 11 is 15.6. The molecule has 0 unspecified atom stereocenters. The smallest absolute Gasteiger partial charge is 0.133 e. The third-order valence-corrected chi connectivity index (χ3v) is 4.77. The Kier molecular flexibility index (Phi) is 5.62. The van der Waals surface area contributed by atoms with Crippen LogP contribution in [0.5, 0.6) is 0 Å². The van der Waals surface area contributed by atoms with Crippen LogP contribution < -0.4 is 0 Å². The number of aromatic nitrogens is 2. The van der Waals surface area contributed by atoms with E-state index in [-0.39, 0.29) is 5.82 Å². The van der Waals surface area contributed by atoms with Gasteiger partial charge in [0.15, 0.2) is 0 Å². The van der Waals surface area contributed by atoms with Gasteiger partial charge in [0.1, 0.15) is 11.6 Å². The highest BCUT2D eigenvalue weighted by Crippen LogP contribution is 2.30. The van der Waals surface area contributed by atoms with Crippen molar-refractivity contribution in [3.8, 4) is 11.3 Å². The Bertz CT molecular complexity index is 951. The minimum Gasteiger partial charge on any atom is -0.331 e. The predicted octanol–water partition coefficient (Wildman–Crippen LogP) is 6.95. The highest BCUT2D eigenvalue weighted by molar-refractivity contribution is 9.10. The van der Waals surface area contributed by atoms with Gasteiger partial charge in [-0.1, -0.05) is 39.1 Å². The van der Waals surface area contributed by atoms with Gasteiger partial charge in [0.25, 0.3) is 0 Å². The molecule has 0 atom stereocenters. The van der Waals surface area contributed by atoms with Gasteiger partial charge in [0, 0.05) is 33.4 Å². The molecule has 0 aliphatic carbocycles. The van der Waals surface area contributed by atoms with Crippen molar-refractivity contribution < 1.29 is 4.39 Å². The second-order valence-electron chi connectivity index (χ2n) is 5.39. The molecular formula is C19H14BrCl2FN2. The van der Waals surface area contributed by atoms with Crippen LogP contribution in [-0.2, 0) is 6.54 Å². The quantitative estimate of drug-likeness (QED) is 0.430. The third kappa shape index (κ3) is 4.14. The van der Waals surface area contributed by atoms with Crippen molar-refractivity contribution in [3.05, 3.63) is 74.3 Å². The molecule has 3 aromatic rings. The van der Waals surface area contributed by atoms with Crippen molar-refractivity contribution >= 4 is 51.3 Å². The Hall–Kier alpha value is -1.62. The topological polar surface area (TPSA) is 17.8 Å². The molecule has 6 heteroatoms. The predicted molar refractivity (Wildman–Crippen MR) is 106 cm³/mol. The lowest BCUT2D eigenvalue weighted by molar-refractivity contribution is 0.625. The zero-order valence-corrected chi connectivity index (χ0v) is 16.4. The molecule has 0 radical (unpaired) electrons. The summed E-state index contributed by atoms with van der Waals surface area (Å²) in [5.41, 5.74) is 2.05. The van der Waals surface area contributed by atoms with E-state index in [0.29, 0.717) is 15.6 Å². The van der Waals surface area contributed by atoms with Crippen LogP contribution in [0, 0.1) is 5.82 Å². The molecule has 25 heavy (non-hydrogen) atoms. The second-order valence-corrected chi connectivity index (χ2v) is 7.15. The fourth-order valence-corrected chi connectivity index (χ4v) is 3.33. The van der Waals surface area contributed by atoms with E-state index >= 15 is 0 Å². The number of benzene rings is 2. The third-order valence-electron chi connectivity index (χ3n) is 3.73. The Morgan fingerprint density at radius 3 is 2.68 bits per heavy atom. The van der Waals surface area contributed by atoms with Crippen LogP contribution in [-0.4, -0.2) is 9.55 Å². The van der Waals surface area contributed by atoms with Crippen molar-refractivity contribution in [1.82, 2.24) is 9.55 Å². The SMILES string of the molecule is CCn1cc(-c2ccc(Cl)cc2Cl)nc1C=Cc1cc(Br)ccc1F. The van der Waals surface area contributed by atoms with E-state index in [2.05, 4.69) is 20.9 Å². The normalized spacial score (nSPS) is 11.4. The molecule has 0 saturated heterocycles. The first-order valence-corrected chi connectivity index (χ1v) is 9.18. The van der Waals surface area contributed by atoms with Gasteiger partial charge in [-0.15, -0.1) is 0 Å². The van der Waals surface area contributed by atoms with Gasteiger partial charge in [-0.3, -0.25) is 0 Å². The average Bonchev–Trinajstić information content (AvgIpc) is 2.98. The standard InChI is InChI=1S/C19H14BrCl2FN2/c1-2-25-11-18(15-6-5-14(21)10-16(15)22)24-19(25)8-3-12-9-13(20)4-7-17(12)23/h3-11H,2H2,1H3. The number of aryl methyl sites for hydroxylation is 1. The van der Waals surface area contributed by atoms with Gasteiger partial charge in [-0.2, -0.15) is 0 Å². The molecule has 1 aromatic heterocycles. The first-order valence-electron chi connectivity index (χ1n) is 7.63. The molecule has 2 aromatic carbocycles. The van der Waals surface area contributed by atoms with E-state index < -0.39 is 0 Å². The molecule has 0 N–H and O–H groups in total. The molecule has 0 saturated carbocycles. The molecule has 1 heterocycles. The first-order chi connectivity index (χ1) is 12.0. The Morgan fingerprint density at radius 2 is 1.96 bits per heavy atom. The average molecular weight is 440 g/mol. The van der Waals surface area contributed by atoms with E-state index in [4.69, 9.17) is 23.2 Å². The Balaban J connectivity index is 1.98. The summed E-state index contributed by atoms with van der Waals surface area (Å²) in [7, 11) is 0. The maximum absolute atomic E-state index is 13.9. The lowest BCUT2D eigenvalue weighted by Gasteiger charge is -2.00. The molecule has 0 aliphatic heterocycles. The van der Waals surface area contributed by atoms with Gasteiger partial charge in [-0.05, 0) is 55.5 Å². The summed E-state index contributed by atoms with van der Waals surface area (Å²) in [6.07, 6.45) is 5.43. The maximum Gasteiger partial charge on any atom is 0.133 e. The molecule has 128 valence electrons. The highest BCUT2D eigenvalue weighted by Gasteiger charge is 2.11. The first kappa shape index (κ1) is 18.2. The molecule has 0 amide bonds. The molecule has 2 nitrogen and oxygen atoms in total. The summed E-state index contributed by atoms with van der Waals surface area (Å²) in [6.45, 7) is 2.75. The van der Waals surface area contributed by atoms with Crippen LogP contribution in [0.4, 0.5) is 4.39 Å². The van der Waals surface area contributed by atoms with Gasteiger partial charge in [0.05, 0.1) is 10.7 Å². The van der Waals surface area contributed by atoms with Gasteiger partial charge in [-0.25, -0.2) is 9.37 Å². The molecule has 0 bridgehead atoms. The van der Waals surface area contributed by atoms with E-state index in [9.17, 15) is 4.39 Å². The zero-order valence-electron chi connectivity index (χ0n) is 13.3. The number of rotatable bonds is 4. The fraction of sp³-hybridized carbons (Fsp3) is 0.105. The summed E-state index contributed by atoms with van der Waals surface area (Å²) in [5.74, 6) is 0.443. The Morgan fingerprint density at radius 1 is 1.16 bits per heavy atom. The number of halogens is 4. The molecule has 0 fully saturated rings. The van der Waals surface area contributed by atoms with Gasteiger partial charge < -0.3 is 4.57 Å². The van der Waals surface area contributed by atoms with E-state index in [1.165, 1.54) is 6.07 Å². The summed E-state index contributed by atoms with van der Waals surface area (Å²) in [4.78, 5) is 4.62. The largest absolute Gasteiger partial charge is 0.331 e. The molecule has 0 aliphatic rings. The lowest BCUT2D eigenvalue weighted by Crippen LogP contribution is -1.94. The van der Waals surface area contributed by atoms with E-state index in [1.54, 1.807) is 36.4 Å². The minimum atomic E-state index is -0.282. The molecule has 3 rings (SSSR count). The number of nitrogens with zero attached hydrogens (tertiary/aromatic N) is 2. The maximum atomic E-state index is 13.9. The van der Waals surface area contributed by atoms with Crippen molar-refractivity contribution in [2.75, 3.05) is 0 Å². The zero-order chi connectivity index (χ0) is 18.0. The second kappa shape index (κ2) is 7.73. The highest BCUT2D eigenvalue weighted by atomic mass is 79.9. The van der Waals surface area contributed by atoms with Crippen LogP contribution in [0.1, 0.15) is 18.3 Å². The van der Waals surface area contributed by atoms with E-state index in [0.717, 1.165) is 28.1 Å². The number of hydrogen-bond acceptors (Lipinski definition) is 1. The van der Waals surface area contributed by atoms with Crippen molar-refractivity contribution in [2.45, 2.75) is 13.5 Å². The molecule has 0 spiro atoms. The lowest BCUT2D eigenvalue weighted by atomic mass is 10.2. The Labute approximate surface area is 164 Å². The van der Waals surface area contributed by atoms with Crippen molar-refractivity contribution in [1.29, 1.82) is 0 Å². The van der Waals surface area contributed by atoms with E-state index in [1.807, 2.05) is 23.8 Å². The van der Waals surface area contributed by atoms with Gasteiger partial charge >= 0.3 is 0 Å². The summed E-state index contributed by atoms with van der Waals surface area (Å²) < 4.78 is 16.7. The van der Waals surface area contributed by atoms with Crippen LogP contribution in [0.15, 0.2) is 47.1 Å². The monoisotopic (exact) mass is 438 g/mol. The van der Waals surface area contributed by atoms with Crippen molar-refractivity contribution in [2.24, 2.45) is 0 Å². The number of hydrogen-bond donors (Lipinski definition) is 0. The molecular weight excluding hydrogens is 426 g/mol. The van der Waals surface area contributed by atoms with Crippen LogP contribution in [0.25, 0.3) is 23.4 Å². The van der Waals surface area contributed by atoms with Crippen LogP contribution in [0.2, 0.25) is 10.0 Å². The fourth-order valence-electron chi connectivity index (χ4n) is 2.45. The van der Waals surface area contributed by atoms with Crippen LogP contribution >= 0.6 is 39.1 Å². The van der Waals surface area contributed by atoms with Crippen molar-refractivity contribution in [3.63, 3.8) is 0 Å². The van der Waals surface area contributed by atoms with Gasteiger partial charge in [0.2, 0.25) is 0 Å². The summed E-state index contributed by atoms with van der Waals surface area (Å²) in [6, 6.07) is 10.1. The minimum absolute atomic E-state index is 0.282. The number of imidazole rings is 1. The summed E-state index contributed by atoms with van der Waals surface area (Å²) in [5, 5.41) is 1.12.